The highest BCUT2D eigenvalue weighted by molar-refractivity contribution is 14.0. The summed E-state index contributed by atoms with van der Waals surface area (Å²) in [6.07, 6.45) is 2.20. The Kier molecular flexibility index (Phi) is 8.51. The first-order valence-corrected chi connectivity index (χ1v) is 7.66. The van der Waals surface area contributed by atoms with E-state index in [1.807, 2.05) is 0 Å². The van der Waals surface area contributed by atoms with E-state index in [0.717, 1.165) is 37.4 Å². The first-order chi connectivity index (χ1) is 11.0. The summed E-state index contributed by atoms with van der Waals surface area (Å²) in [7, 11) is 1.40. The van der Waals surface area contributed by atoms with Crippen molar-refractivity contribution in [3.05, 3.63) is 23.8 Å². The molecule has 8 heteroatoms. The number of benzene rings is 1. The van der Waals surface area contributed by atoms with E-state index in [2.05, 4.69) is 21.6 Å². The van der Waals surface area contributed by atoms with Crippen LogP contribution >= 0.6 is 24.0 Å². The van der Waals surface area contributed by atoms with Crippen LogP contribution in [0.4, 0.5) is 8.78 Å². The molecule has 24 heavy (non-hydrogen) atoms. The fraction of sp³-hybridized carbons (Fsp3) is 0.562. The molecule has 5 nitrogen and oxygen atoms in total. The molecule has 1 saturated heterocycles. The summed E-state index contributed by atoms with van der Waals surface area (Å²) in [6, 6.07) is 4.84. The molecule has 1 aliphatic heterocycles. The Morgan fingerprint density at radius 1 is 1.33 bits per heavy atom. The van der Waals surface area contributed by atoms with E-state index < -0.39 is 6.61 Å². The highest BCUT2D eigenvalue weighted by atomic mass is 127. The van der Waals surface area contributed by atoms with Crippen molar-refractivity contribution in [3.63, 3.8) is 0 Å². The van der Waals surface area contributed by atoms with Crippen molar-refractivity contribution in [1.82, 2.24) is 4.90 Å². The second-order valence-electron chi connectivity index (χ2n) is 5.71. The molecular formula is C16H24F2IN3O2. The molecule has 0 spiro atoms. The molecular weight excluding hydrogens is 431 g/mol. The summed E-state index contributed by atoms with van der Waals surface area (Å²) >= 11 is 0. The lowest BCUT2D eigenvalue weighted by Crippen LogP contribution is -2.42. The van der Waals surface area contributed by atoms with Crippen LogP contribution in [0.5, 0.6) is 11.5 Å². The van der Waals surface area contributed by atoms with Gasteiger partial charge in [0.2, 0.25) is 0 Å². The Labute approximate surface area is 158 Å². The van der Waals surface area contributed by atoms with E-state index in [1.165, 1.54) is 13.2 Å². The number of aliphatic imine (C=N–C) groups is 1. The number of alkyl halides is 2. The van der Waals surface area contributed by atoms with Crippen molar-refractivity contribution in [2.75, 3.05) is 20.2 Å². The molecule has 2 rings (SSSR count). The third-order valence-electron chi connectivity index (χ3n) is 3.98. The van der Waals surface area contributed by atoms with E-state index in [0.29, 0.717) is 12.5 Å². The van der Waals surface area contributed by atoms with Gasteiger partial charge in [-0.05, 0) is 36.5 Å². The molecule has 136 valence electrons. The average molecular weight is 455 g/mol. The Morgan fingerprint density at radius 3 is 2.58 bits per heavy atom. The maximum absolute atomic E-state index is 12.4. The number of rotatable bonds is 5. The molecule has 0 radical (unpaired) electrons. The van der Waals surface area contributed by atoms with Gasteiger partial charge in [0.1, 0.15) is 0 Å². The van der Waals surface area contributed by atoms with Crippen LogP contribution in [0.15, 0.2) is 23.2 Å². The normalized spacial score (nSPS) is 16.0. The van der Waals surface area contributed by atoms with Crippen LogP contribution in [0.1, 0.15) is 25.3 Å². The number of likely N-dealkylation sites (tertiary alicyclic amines) is 1. The van der Waals surface area contributed by atoms with E-state index in [9.17, 15) is 8.78 Å². The topological polar surface area (TPSA) is 60.1 Å². The minimum Gasteiger partial charge on any atom is -0.493 e. The lowest BCUT2D eigenvalue weighted by atomic mass is 10.00. The standard InChI is InChI=1S/C16H23F2N3O2.HI/c1-11-5-7-21(8-6-11)16(19)20-10-12-3-4-13(22-2)14(9-12)23-15(17)18;/h3-4,9,11,15H,5-8,10H2,1-2H3,(H2,19,20);1H. The summed E-state index contributed by atoms with van der Waals surface area (Å²) in [4.78, 5) is 6.41. The fourth-order valence-corrected chi connectivity index (χ4v) is 2.52. The molecule has 0 saturated carbocycles. The van der Waals surface area contributed by atoms with Crippen molar-refractivity contribution in [2.45, 2.75) is 32.9 Å². The summed E-state index contributed by atoms with van der Waals surface area (Å²) in [6.45, 7) is 1.44. The molecule has 1 aliphatic rings. The molecule has 0 aromatic heterocycles. The van der Waals surface area contributed by atoms with Gasteiger partial charge in [0.15, 0.2) is 17.5 Å². The Hall–Kier alpha value is -1.32. The van der Waals surface area contributed by atoms with E-state index >= 15 is 0 Å². The smallest absolute Gasteiger partial charge is 0.387 e. The summed E-state index contributed by atoms with van der Waals surface area (Å²) in [5.41, 5.74) is 6.75. The van der Waals surface area contributed by atoms with Gasteiger partial charge in [-0.15, -0.1) is 24.0 Å². The molecule has 0 unspecified atom stereocenters. The van der Waals surface area contributed by atoms with Gasteiger partial charge in [-0.2, -0.15) is 8.78 Å². The molecule has 0 atom stereocenters. The third-order valence-corrected chi connectivity index (χ3v) is 3.98. The van der Waals surface area contributed by atoms with E-state index in [4.69, 9.17) is 10.5 Å². The van der Waals surface area contributed by atoms with Crippen molar-refractivity contribution < 1.29 is 18.3 Å². The Bertz CT molecular complexity index is 550. The van der Waals surface area contributed by atoms with Crippen molar-refractivity contribution in [1.29, 1.82) is 0 Å². The number of methoxy groups -OCH3 is 1. The first kappa shape index (κ1) is 20.7. The van der Waals surface area contributed by atoms with Crippen molar-refractivity contribution in [2.24, 2.45) is 16.6 Å². The van der Waals surface area contributed by atoms with E-state index in [1.54, 1.807) is 12.1 Å². The number of ether oxygens (including phenoxy) is 2. The quantitative estimate of drug-likeness (QED) is 0.420. The Balaban J connectivity index is 0.00000288. The largest absolute Gasteiger partial charge is 0.493 e. The fourth-order valence-electron chi connectivity index (χ4n) is 2.52. The van der Waals surface area contributed by atoms with Gasteiger partial charge in [0.05, 0.1) is 13.7 Å². The highest BCUT2D eigenvalue weighted by Gasteiger charge is 2.17. The van der Waals surface area contributed by atoms with Crippen molar-refractivity contribution in [3.8, 4) is 11.5 Å². The third kappa shape index (κ3) is 5.95. The molecule has 1 aromatic rings. The number of guanidine groups is 1. The summed E-state index contributed by atoms with van der Waals surface area (Å²) < 4.78 is 34.3. The highest BCUT2D eigenvalue weighted by Crippen LogP contribution is 2.29. The van der Waals surface area contributed by atoms with Crippen molar-refractivity contribution >= 4 is 29.9 Å². The lowest BCUT2D eigenvalue weighted by Gasteiger charge is -2.31. The zero-order chi connectivity index (χ0) is 16.8. The van der Waals surface area contributed by atoms with Crippen LogP contribution in [0.2, 0.25) is 0 Å². The van der Waals surface area contributed by atoms with Gasteiger partial charge in [-0.25, -0.2) is 4.99 Å². The molecule has 0 amide bonds. The zero-order valence-electron chi connectivity index (χ0n) is 13.9. The number of hydrogen-bond acceptors (Lipinski definition) is 3. The number of nitrogens with zero attached hydrogens (tertiary/aromatic N) is 2. The summed E-state index contributed by atoms with van der Waals surface area (Å²) in [5.74, 6) is 1.47. The SMILES string of the molecule is COc1ccc(CN=C(N)N2CCC(C)CC2)cc1OC(F)F.I. The van der Waals surface area contributed by atoms with Gasteiger partial charge >= 0.3 is 6.61 Å². The lowest BCUT2D eigenvalue weighted by molar-refractivity contribution is -0.0512. The van der Waals surface area contributed by atoms with Crippen LogP contribution < -0.4 is 15.2 Å². The second-order valence-corrected chi connectivity index (χ2v) is 5.71. The molecule has 1 aromatic carbocycles. The monoisotopic (exact) mass is 455 g/mol. The molecule has 0 bridgehead atoms. The van der Waals surface area contributed by atoms with E-state index in [-0.39, 0.29) is 35.5 Å². The maximum atomic E-state index is 12.4. The molecule has 0 aliphatic carbocycles. The molecule has 2 N–H and O–H groups in total. The minimum absolute atomic E-state index is 0. The number of nitrogens with two attached hydrogens (primary N) is 1. The number of halogens is 3. The Morgan fingerprint density at radius 2 is 2.00 bits per heavy atom. The predicted molar refractivity (Wildman–Crippen MR) is 100 cm³/mol. The van der Waals surface area contributed by atoms with Gasteiger partial charge < -0.3 is 20.1 Å². The van der Waals surface area contributed by atoms with Crippen LogP contribution in [0.3, 0.4) is 0 Å². The minimum atomic E-state index is -2.90. The average Bonchev–Trinajstić information content (AvgIpc) is 2.53. The van der Waals surface area contributed by atoms with Crippen LogP contribution in [0.25, 0.3) is 0 Å². The van der Waals surface area contributed by atoms with Crippen LogP contribution in [0, 0.1) is 5.92 Å². The predicted octanol–water partition coefficient (Wildman–Crippen LogP) is 3.46. The van der Waals surface area contributed by atoms with Gasteiger partial charge in [-0.1, -0.05) is 13.0 Å². The second kappa shape index (κ2) is 9.85. The maximum Gasteiger partial charge on any atom is 0.387 e. The molecule has 1 heterocycles. The number of hydrogen-bond donors (Lipinski definition) is 1. The van der Waals surface area contributed by atoms with Gasteiger partial charge in [-0.3, -0.25) is 0 Å². The summed E-state index contributed by atoms with van der Waals surface area (Å²) in [5, 5.41) is 0. The van der Waals surface area contributed by atoms with Gasteiger partial charge in [0, 0.05) is 13.1 Å². The first-order valence-electron chi connectivity index (χ1n) is 7.66. The molecule has 1 fully saturated rings. The van der Waals surface area contributed by atoms with Crippen LogP contribution in [-0.4, -0.2) is 37.7 Å². The number of piperidine rings is 1. The zero-order valence-corrected chi connectivity index (χ0v) is 16.2. The van der Waals surface area contributed by atoms with Gasteiger partial charge in [0.25, 0.3) is 0 Å². The van der Waals surface area contributed by atoms with Crippen LogP contribution in [-0.2, 0) is 6.54 Å².